The maximum Gasteiger partial charge on any atom is 0.421 e. The van der Waals surface area contributed by atoms with Crippen LogP contribution in [0.25, 0.3) is 0 Å². The zero-order valence-corrected chi connectivity index (χ0v) is 8.64. The summed E-state index contributed by atoms with van der Waals surface area (Å²) in [6.07, 6.45) is -4.74. The van der Waals surface area contributed by atoms with Gasteiger partial charge in [-0.05, 0) is 36.1 Å². The van der Waals surface area contributed by atoms with Gasteiger partial charge in [-0.25, -0.2) is 0 Å². The van der Waals surface area contributed by atoms with E-state index in [4.69, 9.17) is 4.74 Å². The molecule has 1 aromatic rings. The van der Waals surface area contributed by atoms with E-state index in [-0.39, 0.29) is 18.4 Å². The van der Waals surface area contributed by atoms with Crippen LogP contribution in [0, 0.1) is 0 Å². The maximum atomic E-state index is 12.8. The van der Waals surface area contributed by atoms with Crippen molar-refractivity contribution in [2.45, 2.75) is 24.6 Å². The van der Waals surface area contributed by atoms with Gasteiger partial charge in [0.2, 0.25) is 0 Å². The van der Waals surface area contributed by atoms with E-state index in [1.165, 1.54) is 13.2 Å². The van der Waals surface area contributed by atoms with Gasteiger partial charge in [-0.2, -0.15) is 13.2 Å². The summed E-state index contributed by atoms with van der Waals surface area (Å²) < 4.78 is 43.2. The highest BCUT2D eigenvalue weighted by Gasteiger charge is 2.57. The number of alkyl halides is 3. The van der Waals surface area contributed by atoms with Gasteiger partial charge in [-0.3, -0.25) is 0 Å². The summed E-state index contributed by atoms with van der Waals surface area (Å²) in [5.74, 6) is 0.323. The molecule has 1 aliphatic rings. The number of fused-ring (bicyclic) bond motifs is 1. The summed E-state index contributed by atoms with van der Waals surface area (Å²) in [6.45, 7) is 0. The first-order chi connectivity index (χ1) is 7.38. The second kappa shape index (κ2) is 3.38. The largest absolute Gasteiger partial charge is 0.497 e. The highest BCUT2D eigenvalue weighted by Crippen LogP contribution is 2.48. The Balaban J connectivity index is 2.53. The molecule has 2 rings (SSSR count). The number of methoxy groups -OCH3 is 1. The molecule has 0 spiro atoms. The third kappa shape index (κ3) is 1.46. The topological polar surface area (TPSA) is 29.5 Å². The molecule has 0 bridgehead atoms. The molecule has 2 nitrogen and oxygen atoms in total. The average molecular weight is 232 g/mol. The number of rotatable bonds is 1. The third-order valence-electron chi connectivity index (χ3n) is 2.99. The minimum absolute atomic E-state index is 0.0839. The molecule has 0 heterocycles. The first-order valence-electron chi connectivity index (χ1n) is 4.85. The van der Waals surface area contributed by atoms with Gasteiger partial charge in [0, 0.05) is 0 Å². The Hall–Kier alpha value is -1.23. The van der Waals surface area contributed by atoms with E-state index in [9.17, 15) is 18.3 Å². The predicted molar refractivity (Wildman–Crippen MR) is 51.3 cm³/mol. The Morgan fingerprint density at radius 1 is 1.38 bits per heavy atom. The van der Waals surface area contributed by atoms with Crippen molar-refractivity contribution in [2.75, 3.05) is 7.11 Å². The zero-order chi connectivity index (χ0) is 12.0. The van der Waals surface area contributed by atoms with Gasteiger partial charge >= 0.3 is 6.18 Å². The Kier molecular flexibility index (Phi) is 2.38. The van der Waals surface area contributed by atoms with Crippen molar-refractivity contribution in [3.63, 3.8) is 0 Å². The van der Waals surface area contributed by atoms with Crippen molar-refractivity contribution >= 4 is 0 Å². The molecule has 1 N–H and O–H groups in total. The quantitative estimate of drug-likeness (QED) is 0.805. The minimum atomic E-state index is -4.65. The van der Waals surface area contributed by atoms with E-state index in [0.717, 1.165) is 0 Å². The Morgan fingerprint density at radius 3 is 2.62 bits per heavy atom. The molecule has 16 heavy (non-hydrogen) atoms. The molecule has 0 radical (unpaired) electrons. The Bertz CT molecular complexity index is 414. The van der Waals surface area contributed by atoms with Crippen LogP contribution >= 0.6 is 0 Å². The van der Waals surface area contributed by atoms with Gasteiger partial charge in [0.05, 0.1) is 7.11 Å². The molecule has 0 saturated carbocycles. The van der Waals surface area contributed by atoms with Crippen molar-refractivity contribution in [1.29, 1.82) is 0 Å². The van der Waals surface area contributed by atoms with E-state index >= 15 is 0 Å². The van der Waals surface area contributed by atoms with Crippen molar-refractivity contribution in [1.82, 2.24) is 0 Å². The zero-order valence-electron chi connectivity index (χ0n) is 8.64. The summed E-state index contributed by atoms with van der Waals surface area (Å²) in [6, 6.07) is 4.43. The molecule has 0 saturated heterocycles. The summed E-state index contributed by atoms with van der Waals surface area (Å²) in [4.78, 5) is 0. The third-order valence-corrected chi connectivity index (χ3v) is 2.99. The summed E-state index contributed by atoms with van der Waals surface area (Å²) >= 11 is 0. The molecular weight excluding hydrogens is 221 g/mol. The summed E-state index contributed by atoms with van der Waals surface area (Å²) in [7, 11) is 1.38. The molecule has 1 atom stereocenters. The summed E-state index contributed by atoms with van der Waals surface area (Å²) in [5, 5.41) is 9.72. The normalized spacial score (nSPS) is 24.3. The van der Waals surface area contributed by atoms with Gasteiger partial charge < -0.3 is 9.84 Å². The van der Waals surface area contributed by atoms with E-state index in [2.05, 4.69) is 0 Å². The van der Waals surface area contributed by atoms with E-state index in [0.29, 0.717) is 11.3 Å². The van der Waals surface area contributed by atoms with Crippen molar-refractivity contribution in [3.05, 3.63) is 29.3 Å². The lowest BCUT2D eigenvalue weighted by Crippen LogP contribution is -2.40. The first kappa shape index (κ1) is 11.3. The number of hydrogen-bond donors (Lipinski definition) is 1. The van der Waals surface area contributed by atoms with Gasteiger partial charge in [-0.1, -0.05) is 6.07 Å². The van der Waals surface area contributed by atoms with Gasteiger partial charge in [0.1, 0.15) is 5.75 Å². The van der Waals surface area contributed by atoms with Crippen LogP contribution in [0.1, 0.15) is 17.5 Å². The second-order valence-corrected chi connectivity index (χ2v) is 3.88. The van der Waals surface area contributed by atoms with Crippen LogP contribution in [-0.2, 0) is 12.0 Å². The van der Waals surface area contributed by atoms with Crippen LogP contribution in [0.5, 0.6) is 5.75 Å². The molecule has 0 aromatic heterocycles. The molecule has 0 fully saturated rings. The van der Waals surface area contributed by atoms with E-state index < -0.39 is 11.8 Å². The highest BCUT2D eigenvalue weighted by atomic mass is 19.4. The van der Waals surface area contributed by atoms with E-state index in [1.807, 2.05) is 0 Å². The molecule has 0 amide bonds. The minimum Gasteiger partial charge on any atom is -0.497 e. The lowest BCUT2D eigenvalue weighted by atomic mass is 9.95. The standard InChI is InChI=1S/C11H11F3O2/c1-16-8-3-2-7-4-5-10(15,9(7)6-8)11(12,13)14/h2-3,6,15H,4-5H2,1H3. The van der Waals surface area contributed by atoms with Crippen LogP contribution in [0.3, 0.4) is 0 Å². The van der Waals surface area contributed by atoms with Crippen molar-refractivity contribution in [2.24, 2.45) is 0 Å². The lowest BCUT2D eigenvalue weighted by molar-refractivity contribution is -0.265. The van der Waals surface area contributed by atoms with Gasteiger partial charge in [-0.15, -0.1) is 0 Å². The Labute approximate surface area is 90.7 Å². The lowest BCUT2D eigenvalue weighted by Gasteiger charge is -2.27. The predicted octanol–water partition coefficient (Wildman–Crippen LogP) is 2.39. The number of aryl methyl sites for hydroxylation is 1. The van der Waals surface area contributed by atoms with Gasteiger partial charge in [0.15, 0.2) is 5.60 Å². The van der Waals surface area contributed by atoms with Crippen molar-refractivity contribution < 1.29 is 23.0 Å². The highest BCUT2D eigenvalue weighted by molar-refractivity contribution is 5.43. The fraction of sp³-hybridized carbons (Fsp3) is 0.455. The molecule has 1 unspecified atom stereocenters. The second-order valence-electron chi connectivity index (χ2n) is 3.88. The average Bonchev–Trinajstić information content (AvgIpc) is 2.56. The Morgan fingerprint density at radius 2 is 2.06 bits per heavy atom. The molecule has 1 aliphatic carbocycles. The number of halogens is 3. The SMILES string of the molecule is COc1ccc2c(c1)C(O)(C(F)(F)F)CC2. The fourth-order valence-corrected chi connectivity index (χ4v) is 2.03. The number of hydrogen-bond acceptors (Lipinski definition) is 2. The maximum absolute atomic E-state index is 12.8. The van der Waals surface area contributed by atoms with E-state index in [1.54, 1.807) is 12.1 Å². The number of ether oxygens (including phenoxy) is 1. The smallest absolute Gasteiger partial charge is 0.421 e. The van der Waals surface area contributed by atoms with Crippen LogP contribution in [-0.4, -0.2) is 18.4 Å². The molecular formula is C11H11F3O2. The van der Waals surface area contributed by atoms with Crippen LogP contribution in [0.4, 0.5) is 13.2 Å². The summed E-state index contributed by atoms with van der Waals surface area (Å²) in [5.41, 5.74) is -2.28. The van der Waals surface area contributed by atoms with Gasteiger partial charge in [0.25, 0.3) is 0 Å². The number of benzene rings is 1. The molecule has 0 aliphatic heterocycles. The van der Waals surface area contributed by atoms with Crippen LogP contribution in [0.2, 0.25) is 0 Å². The first-order valence-corrected chi connectivity index (χ1v) is 4.85. The molecule has 1 aromatic carbocycles. The monoisotopic (exact) mass is 232 g/mol. The molecule has 5 heteroatoms. The van der Waals surface area contributed by atoms with Crippen molar-refractivity contribution in [3.8, 4) is 5.75 Å². The van der Waals surface area contributed by atoms with Crippen LogP contribution < -0.4 is 4.74 Å². The fourth-order valence-electron chi connectivity index (χ4n) is 2.03. The number of aliphatic hydroxyl groups is 1. The molecule has 88 valence electrons. The van der Waals surface area contributed by atoms with Crippen LogP contribution in [0.15, 0.2) is 18.2 Å².